The Labute approximate surface area is 172 Å². The Morgan fingerprint density at radius 1 is 1.07 bits per heavy atom. The number of likely N-dealkylation sites (tertiary alicyclic amines) is 2. The van der Waals surface area contributed by atoms with Crippen LogP contribution in [0.25, 0.3) is 11.0 Å². The molecule has 7 nitrogen and oxygen atoms in total. The van der Waals surface area contributed by atoms with Gasteiger partial charge in [-0.3, -0.25) is 4.90 Å². The van der Waals surface area contributed by atoms with E-state index in [0.29, 0.717) is 6.04 Å². The third-order valence-corrected chi connectivity index (χ3v) is 6.96. The maximum Gasteiger partial charge on any atom is 0.158 e. The van der Waals surface area contributed by atoms with Crippen LogP contribution in [0.4, 0.5) is 5.69 Å². The van der Waals surface area contributed by atoms with Gasteiger partial charge in [0.05, 0.1) is 12.3 Å². The molecule has 1 atom stereocenters. The number of ether oxygens (including phenoxy) is 1. The highest BCUT2D eigenvalue weighted by molar-refractivity contribution is 5.89. The van der Waals surface area contributed by atoms with Crippen LogP contribution in [0.15, 0.2) is 16.8 Å². The van der Waals surface area contributed by atoms with Gasteiger partial charge < -0.3 is 14.5 Å². The molecule has 0 N–H and O–H groups in total. The lowest BCUT2D eigenvalue weighted by Gasteiger charge is -2.43. The summed E-state index contributed by atoms with van der Waals surface area (Å²) >= 11 is 0. The highest BCUT2D eigenvalue weighted by Gasteiger charge is 2.32. The van der Waals surface area contributed by atoms with E-state index in [2.05, 4.69) is 37.1 Å². The van der Waals surface area contributed by atoms with Gasteiger partial charge in [-0.15, -0.1) is 0 Å². The summed E-state index contributed by atoms with van der Waals surface area (Å²) in [5.74, 6) is 0.763. The molecule has 3 fully saturated rings. The van der Waals surface area contributed by atoms with E-state index in [-0.39, 0.29) is 0 Å². The van der Waals surface area contributed by atoms with E-state index in [1.807, 2.05) is 0 Å². The van der Waals surface area contributed by atoms with Crippen LogP contribution in [0, 0.1) is 5.92 Å². The van der Waals surface area contributed by atoms with Crippen LogP contribution in [-0.4, -0.2) is 79.6 Å². The number of fused-ring (bicyclic) bond motifs is 1. The summed E-state index contributed by atoms with van der Waals surface area (Å²) in [6, 6.07) is 4.97. The topological polar surface area (TPSA) is 57.9 Å². The van der Waals surface area contributed by atoms with E-state index in [4.69, 9.17) is 9.37 Å². The van der Waals surface area contributed by atoms with Gasteiger partial charge >= 0.3 is 0 Å². The molecule has 3 aliphatic rings. The summed E-state index contributed by atoms with van der Waals surface area (Å²) in [6.07, 6.45) is 6.47. The zero-order valence-electron chi connectivity index (χ0n) is 17.6. The average molecular weight is 400 g/mol. The summed E-state index contributed by atoms with van der Waals surface area (Å²) in [5, 5.41) is 8.43. The standard InChI is InChI=1S/C22H33N5O2/c1-28-11-10-26-9-3-2-6-20(26)18-12-19-22(24-29-23-19)21(13-18)27-15-17(16-27)14-25-7-4-5-8-25/h12-13,17,20H,2-11,14-16H2,1H3. The summed E-state index contributed by atoms with van der Waals surface area (Å²) < 4.78 is 10.5. The number of nitrogens with zero attached hydrogens (tertiary/aromatic N) is 5. The number of aromatic nitrogens is 2. The lowest BCUT2D eigenvalue weighted by atomic mass is 9.92. The van der Waals surface area contributed by atoms with Gasteiger partial charge in [-0.1, -0.05) is 6.42 Å². The van der Waals surface area contributed by atoms with E-state index in [9.17, 15) is 0 Å². The molecule has 1 aromatic heterocycles. The number of anilines is 1. The molecule has 3 saturated heterocycles. The highest BCUT2D eigenvalue weighted by Crippen LogP contribution is 2.38. The van der Waals surface area contributed by atoms with Crippen molar-refractivity contribution in [3.05, 3.63) is 17.7 Å². The number of piperidine rings is 1. The molecule has 0 aliphatic carbocycles. The van der Waals surface area contributed by atoms with E-state index in [1.54, 1.807) is 7.11 Å². The molecule has 1 unspecified atom stereocenters. The molecule has 4 heterocycles. The van der Waals surface area contributed by atoms with Crippen LogP contribution in [-0.2, 0) is 4.74 Å². The quantitative estimate of drug-likeness (QED) is 0.709. The molecule has 2 aromatic rings. The Morgan fingerprint density at radius 2 is 1.90 bits per heavy atom. The van der Waals surface area contributed by atoms with Crippen molar-refractivity contribution >= 4 is 16.7 Å². The van der Waals surface area contributed by atoms with E-state index in [1.165, 1.54) is 63.0 Å². The van der Waals surface area contributed by atoms with Crippen LogP contribution in [0.2, 0.25) is 0 Å². The first-order valence-electron chi connectivity index (χ1n) is 11.3. The Bertz CT molecular complexity index is 813. The largest absolute Gasteiger partial charge is 0.383 e. The van der Waals surface area contributed by atoms with Crippen LogP contribution in [0.5, 0.6) is 0 Å². The van der Waals surface area contributed by atoms with Crippen molar-refractivity contribution in [2.24, 2.45) is 5.92 Å². The van der Waals surface area contributed by atoms with Gasteiger partial charge in [0, 0.05) is 45.2 Å². The highest BCUT2D eigenvalue weighted by atomic mass is 16.6. The summed E-state index contributed by atoms with van der Waals surface area (Å²) in [5.41, 5.74) is 4.35. The van der Waals surface area contributed by atoms with Gasteiger partial charge in [-0.05, 0) is 73.3 Å². The van der Waals surface area contributed by atoms with Crippen molar-refractivity contribution in [3.8, 4) is 0 Å². The normalized spacial score (nSPS) is 24.4. The van der Waals surface area contributed by atoms with Crippen molar-refractivity contribution in [2.45, 2.75) is 38.1 Å². The molecular weight excluding hydrogens is 366 g/mol. The van der Waals surface area contributed by atoms with Gasteiger partial charge in [0.25, 0.3) is 0 Å². The molecule has 0 saturated carbocycles. The molecule has 0 amide bonds. The molecule has 0 radical (unpaired) electrons. The second kappa shape index (κ2) is 8.58. The van der Waals surface area contributed by atoms with E-state index in [0.717, 1.165) is 49.7 Å². The number of hydrogen-bond acceptors (Lipinski definition) is 7. The van der Waals surface area contributed by atoms with Crippen LogP contribution < -0.4 is 4.90 Å². The Balaban J connectivity index is 1.35. The molecule has 5 rings (SSSR count). The number of benzene rings is 1. The Hall–Kier alpha value is -1.70. The van der Waals surface area contributed by atoms with Crippen molar-refractivity contribution in [1.82, 2.24) is 20.1 Å². The second-order valence-electron chi connectivity index (χ2n) is 8.99. The molecule has 29 heavy (non-hydrogen) atoms. The minimum absolute atomic E-state index is 0.431. The fraction of sp³-hybridized carbons (Fsp3) is 0.727. The minimum atomic E-state index is 0.431. The molecule has 158 valence electrons. The average Bonchev–Trinajstić information content (AvgIpc) is 3.40. The number of methoxy groups -OCH3 is 1. The van der Waals surface area contributed by atoms with E-state index >= 15 is 0 Å². The van der Waals surface area contributed by atoms with Crippen molar-refractivity contribution < 1.29 is 9.37 Å². The van der Waals surface area contributed by atoms with Gasteiger partial charge in [-0.2, -0.15) is 0 Å². The monoisotopic (exact) mass is 399 g/mol. The Morgan fingerprint density at radius 3 is 2.72 bits per heavy atom. The fourth-order valence-electron chi connectivity index (χ4n) is 5.38. The first-order chi connectivity index (χ1) is 14.3. The minimum Gasteiger partial charge on any atom is -0.383 e. The third kappa shape index (κ3) is 4.00. The second-order valence-corrected chi connectivity index (χ2v) is 8.99. The summed E-state index contributed by atoms with van der Waals surface area (Å²) in [6.45, 7) is 8.92. The van der Waals surface area contributed by atoms with Crippen molar-refractivity contribution in [1.29, 1.82) is 0 Å². The molecule has 0 bridgehead atoms. The fourth-order valence-corrected chi connectivity index (χ4v) is 5.38. The van der Waals surface area contributed by atoms with Crippen LogP contribution >= 0.6 is 0 Å². The predicted molar refractivity (Wildman–Crippen MR) is 113 cm³/mol. The van der Waals surface area contributed by atoms with E-state index < -0.39 is 0 Å². The van der Waals surface area contributed by atoms with Crippen molar-refractivity contribution in [2.75, 3.05) is 64.4 Å². The maximum atomic E-state index is 5.35. The first kappa shape index (κ1) is 19.3. The first-order valence-corrected chi connectivity index (χ1v) is 11.3. The van der Waals surface area contributed by atoms with Gasteiger partial charge in [0.15, 0.2) is 5.52 Å². The zero-order valence-corrected chi connectivity index (χ0v) is 17.6. The predicted octanol–water partition coefficient (Wildman–Crippen LogP) is 2.93. The van der Waals surface area contributed by atoms with Gasteiger partial charge in [0.1, 0.15) is 5.52 Å². The molecule has 3 aliphatic heterocycles. The van der Waals surface area contributed by atoms with Crippen LogP contribution in [0.1, 0.15) is 43.7 Å². The Kier molecular flexibility index (Phi) is 5.70. The summed E-state index contributed by atoms with van der Waals surface area (Å²) in [7, 11) is 1.78. The molecule has 7 heteroatoms. The smallest absolute Gasteiger partial charge is 0.158 e. The number of hydrogen-bond donors (Lipinski definition) is 0. The SMILES string of the molecule is COCCN1CCCCC1c1cc(N2CC(CN3CCCC3)C2)c2nonc2c1. The molecule has 1 aromatic carbocycles. The van der Waals surface area contributed by atoms with Crippen LogP contribution in [0.3, 0.4) is 0 Å². The maximum absolute atomic E-state index is 5.35. The summed E-state index contributed by atoms with van der Waals surface area (Å²) in [4.78, 5) is 7.66. The van der Waals surface area contributed by atoms with Crippen molar-refractivity contribution in [3.63, 3.8) is 0 Å². The molecular formula is C22H33N5O2. The van der Waals surface area contributed by atoms with Gasteiger partial charge in [0.2, 0.25) is 0 Å². The molecule has 0 spiro atoms. The third-order valence-electron chi connectivity index (χ3n) is 6.96. The number of rotatable bonds is 7. The van der Waals surface area contributed by atoms with Gasteiger partial charge in [-0.25, -0.2) is 4.63 Å². The lowest BCUT2D eigenvalue weighted by Crippen LogP contribution is -2.51. The lowest BCUT2D eigenvalue weighted by molar-refractivity contribution is 0.0961. The zero-order chi connectivity index (χ0) is 19.6.